The summed E-state index contributed by atoms with van der Waals surface area (Å²) in [5.41, 5.74) is 2.83. The number of hydrogen-bond acceptors (Lipinski definition) is 3. The zero-order chi connectivity index (χ0) is 15.7. The van der Waals surface area contributed by atoms with Gasteiger partial charge in [-0.1, -0.05) is 12.1 Å². The number of aryl methyl sites for hydroxylation is 2. The van der Waals surface area contributed by atoms with E-state index >= 15 is 0 Å². The molecule has 0 saturated carbocycles. The highest BCUT2D eigenvalue weighted by Crippen LogP contribution is 2.25. The Bertz CT molecular complexity index is 858. The summed E-state index contributed by atoms with van der Waals surface area (Å²) in [5, 5.41) is 8.92. The molecule has 3 aromatic rings. The fraction of sp³-hybridized carbons (Fsp3) is 0.188. The van der Waals surface area contributed by atoms with Crippen LogP contribution in [0.5, 0.6) is 0 Å². The molecule has 0 amide bonds. The quantitative estimate of drug-likeness (QED) is 0.804. The Morgan fingerprint density at radius 2 is 2.18 bits per heavy atom. The predicted molar refractivity (Wildman–Crippen MR) is 79.9 cm³/mol. The second kappa shape index (κ2) is 5.55. The highest BCUT2D eigenvalue weighted by atomic mass is 19.1. The molecule has 5 nitrogen and oxygen atoms in total. The van der Waals surface area contributed by atoms with E-state index in [1.54, 1.807) is 22.9 Å². The Hall–Kier alpha value is -2.76. The van der Waals surface area contributed by atoms with Crippen LogP contribution >= 0.6 is 0 Å². The lowest BCUT2D eigenvalue weighted by molar-refractivity contribution is -0.137. The Balaban J connectivity index is 2.18. The number of hydrogen-bond donors (Lipinski definition) is 1. The number of halogens is 1. The van der Waals surface area contributed by atoms with Crippen molar-refractivity contribution in [2.24, 2.45) is 0 Å². The number of nitrogens with zero attached hydrogens (tertiary/aromatic N) is 3. The van der Waals surface area contributed by atoms with E-state index in [1.165, 1.54) is 12.1 Å². The standard InChI is InChI=1S/C16H14FN3O2/c1-10-7-13-16(18-9-10)20(6-5-14(21)22)15(19-13)11-3-2-4-12(17)8-11/h2-4,7-9H,5-6H2,1H3,(H,21,22). The van der Waals surface area contributed by atoms with Crippen LogP contribution < -0.4 is 0 Å². The molecule has 0 bridgehead atoms. The van der Waals surface area contributed by atoms with Crippen molar-refractivity contribution in [3.63, 3.8) is 0 Å². The molecular formula is C16H14FN3O2. The van der Waals surface area contributed by atoms with Crippen molar-refractivity contribution in [3.8, 4) is 11.4 Å². The van der Waals surface area contributed by atoms with Crippen LogP contribution in [0.3, 0.4) is 0 Å². The van der Waals surface area contributed by atoms with Crippen LogP contribution in [0.1, 0.15) is 12.0 Å². The summed E-state index contributed by atoms with van der Waals surface area (Å²) >= 11 is 0. The van der Waals surface area contributed by atoms with Crippen molar-refractivity contribution in [1.82, 2.24) is 14.5 Å². The minimum Gasteiger partial charge on any atom is -0.481 e. The average molecular weight is 299 g/mol. The van der Waals surface area contributed by atoms with Crippen molar-refractivity contribution >= 4 is 17.1 Å². The maximum Gasteiger partial charge on any atom is 0.305 e. The summed E-state index contributed by atoms with van der Waals surface area (Å²) in [7, 11) is 0. The molecule has 0 fully saturated rings. The van der Waals surface area contributed by atoms with E-state index in [1.807, 2.05) is 13.0 Å². The lowest BCUT2D eigenvalue weighted by atomic mass is 10.2. The molecule has 0 aliphatic rings. The van der Waals surface area contributed by atoms with Crippen molar-refractivity contribution in [3.05, 3.63) is 47.9 Å². The maximum atomic E-state index is 13.5. The molecule has 112 valence electrons. The Morgan fingerprint density at radius 1 is 1.36 bits per heavy atom. The second-order valence-electron chi connectivity index (χ2n) is 5.10. The van der Waals surface area contributed by atoms with E-state index in [4.69, 9.17) is 5.11 Å². The first-order chi connectivity index (χ1) is 10.5. The number of pyridine rings is 1. The lowest BCUT2D eigenvalue weighted by Gasteiger charge is -2.07. The van der Waals surface area contributed by atoms with Crippen molar-refractivity contribution < 1.29 is 14.3 Å². The average Bonchev–Trinajstić information content (AvgIpc) is 2.82. The molecule has 1 N–H and O–H groups in total. The van der Waals surface area contributed by atoms with Crippen LogP contribution in [-0.4, -0.2) is 25.6 Å². The monoisotopic (exact) mass is 299 g/mol. The smallest absolute Gasteiger partial charge is 0.305 e. The first kappa shape index (κ1) is 14.2. The first-order valence-corrected chi connectivity index (χ1v) is 6.85. The van der Waals surface area contributed by atoms with Gasteiger partial charge in [0.25, 0.3) is 0 Å². The van der Waals surface area contributed by atoms with E-state index in [-0.39, 0.29) is 18.8 Å². The summed E-state index contributed by atoms with van der Waals surface area (Å²) in [6, 6.07) is 7.96. The van der Waals surface area contributed by atoms with Gasteiger partial charge in [0.15, 0.2) is 5.65 Å². The molecule has 0 radical (unpaired) electrons. The van der Waals surface area contributed by atoms with Crippen LogP contribution in [0.4, 0.5) is 4.39 Å². The van der Waals surface area contributed by atoms with E-state index in [0.29, 0.717) is 22.6 Å². The number of aliphatic carboxylic acids is 1. The van der Waals surface area contributed by atoms with Crippen molar-refractivity contribution in [2.45, 2.75) is 19.9 Å². The first-order valence-electron chi connectivity index (χ1n) is 6.85. The lowest BCUT2D eigenvalue weighted by Crippen LogP contribution is -2.06. The van der Waals surface area contributed by atoms with Crippen LogP contribution in [0.25, 0.3) is 22.6 Å². The number of fused-ring (bicyclic) bond motifs is 1. The van der Waals surface area contributed by atoms with Crippen LogP contribution in [0.15, 0.2) is 36.5 Å². The summed E-state index contributed by atoms with van der Waals surface area (Å²) in [5.74, 6) is -0.744. The Kier molecular flexibility index (Phi) is 3.58. The predicted octanol–water partition coefficient (Wildman–Crippen LogP) is 3.02. The molecule has 1 aromatic carbocycles. The molecular weight excluding hydrogens is 285 g/mol. The van der Waals surface area contributed by atoms with Gasteiger partial charge in [0.1, 0.15) is 17.2 Å². The SMILES string of the molecule is Cc1cnc2c(c1)nc(-c1cccc(F)c1)n2CCC(=O)O. The van der Waals surface area contributed by atoms with E-state index in [2.05, 4.69) is 9.97 Å². The third kappa shape index (κ3) is 2.67. The molecule has 22 heavy (non-hydrogen) atoms. The second-order valence-corrected chi connectivity index (χ2v) is 5.10. The summed E-state index contributed by atoms with van der Waals surface area (Å²) in [6.07, 6.45) is 1.65. The zero-order valence-electron chi connectivity index (χ0n) is 12.0. The maximum absolute atomic E-state index is 13.5. The van der Waals surface area contributed by atoms with Crippen LogP contribution in [-0.2, 0) is 11.3 Å². The molecule has 2 aromatic heterocycles. The number of carboxylic acids is 1. The molecule has 0 spiro atoms. The number of carbonyl (C=O) groups is 1. The topological polar surface area (TPSA) is 68.0 Å². The molecule has 0 aliphatic carbocycles. The molecule has 2 heterocycles. The van der Waals surface area contributed by atoms with E-state index in [0.717, 1.165) is 5.56 Å². The highest BCUT2D eigenvalue weighted by molar-refractivity contribution is 5.78. The van der Waals surface area contributed by atoms with Gasteiger partial charge in [0, 0.05) is 18.3 Å². The fourth-order valence-corrected chi connectivity index (χ4v) is 2.38. The third-order valence-corrected chi connectivity index (χ3v) is 3.35. The van der Waals surface area contributed by atoms with Gasteiger partial charge >= 0.3 is 5.97 Å². The van der Waals surface area contributed by atoms with Gasteiger partial charge in [-0.15, -0.1) is 0 Å². The molecule has 0 saturated heterocycles. The largest absolute Gasteiger partial charge is 0.481 e. The van der Waals surface area contributed by atoms with Crippen LogP contribution in [0.2, 0.25) is 0 Å². The molecule has 3 rings (SSSR count). The summed E-state index contributed by atoms with van der Waals surface area (Å²) in [6.45, 7) is 2.14. The van der Waals surface area contributed by atoms with Crippen LogP contribution in [0, 0.1) is 12.7 Å². The Morgan fingerprint density at radius 3 is 2.91 bits per heavy atom. The minimum atomic E-state index is -0.904. The van der Waals surface area contributed by atoms with Gasteiger partial charge in [-0.3, -0.25) is 4.79 Å². The third-order valence-electron chi connectivity index (χ3n) is 3.35. The fourth-order valence-electron chi connectivity index (χ4n) is 2.38. The van der Waals surface area contributed by atoms with Gasteiger partial charge in [-0.05, 0) is 30.7 Å². The number of benzene rings is 1. The number of carboxylic acid groups (broad SMARTS) is 1. The highest BCUT2D eigenvalue weighted by Gasteiger charge is 2.15. The van der Waals surface area contributed by atoms with E-state index in [9.17, 15) is 9.18 Å². The Labute approximate surface area is 126 Å². The van der Waals surface area contributed by atoms with Crippen molar-refractivity contribution in [1.29, 1.82) is 0 Å². The summed E-state index contributed by atoms with van der Waals surface area (Å²) in [4.78, 5) is 19.7. The normalized spacial score (nSPS) is 11.0. The number of imidazole rings is 1. The molecule has 0 aliphatic heterocycles. The van der Waals surface area contributed by atoms with Gasteiger partial charge in [-0.2, -0.15) is 0 Å². The van der Waals surface area contributed by atoms with E-state index < -0.39 is 5.97 Å². The van der Waals surface area contributed by atoms with Gasteiger partial charge in [0.2, 0.25) is 0 Å². The zero-order valence-corrected chi connectivity index (χ0v) is 12.0. The minimum absolute atomic E-state index is 0.0522. The van der Waals surface area contributed by atoms with Gasteiger partial charge in [0.05, 0.1) is 6.42 Å². The molecule has 0 unspecified atom stereocenters. The number of aromatic nitrogens is 3. The van der Waals surface area contributed by atoms with Gasteiger partial charge < -0.3 is 9.67 Å². The number of rotatable bonds is 4. The van der Waals surface area contributed by atoms with Gasteiger partial charge in [-0.25, -0.2) is 14.4 Å². The molecule has 0 atom stereocenters. The summed E-state index contributed by atoms with van der Waals surface area (Å²) < 4.78 is 15.2. The van der Waals surface area contributed by atoms with Crippen molar-refractivity contribution in [2.75, 3.05) is 0 Å². The molecule has 6 heteroatoms.